The van der Waals surface area contributed by atoms with Crippen LogP contribution in [0.15, 0.2) is 35.3 Å². The molecule has 0 spiro atoms. The number of hydrogen-bond donors (Lipinski definition) is 2. The van der Waals surface area contributed by atoms with Gasteiger partial charge in [0.15, 0.2) is 5.96 Å². The first-order valence-electron chi connectivity index (χ1n) is 10.7. The van der Waals surface area contributed by atoms with Crippen molar-refractivity contribution in [1.82, 2.24) is 15.5 Å². The van der Waals surface area contributed by atoms with E-state index in [2.05, 4.69) is 52.8 Å². The van der Waals surface area contributed by atoms with Crippen molar-refractivity contribution >= 4 is 5.96 Å². The SMILES string of the molecule is CCNC(=NCC1CCCCN1Cc1ccccc1)NCCCOCCOC. The molecule has 0 radical (unpaired) electrons. The van der Waals surface area contributed by atoms with Crippen LogP contribution in [0, 0.1) is 0 Å². The highest BCUT2D eigenvalue weighted by Crippen LogP contribution is 2.20. The van der Waals surface area contributed by atoms with Gasteiger partial charge in [-0.25, -0.2) is 0 Å². The standard InChI is InChI=1S/C22H38N4O2/c1-3-23-22(24-13-9-15-28-17-16-27-2)25-18-21-12-7-8-14-26(21)19-20-10-5-4-6-11-20/h4-6,10-11,21H,3,7-9,12-19H2,1-2H3,(H2,23,24,25). The smallest absolute Gasteiger partial charge is 0.191 e. The lowest BCUT2D eigenvalue weighted by molar-refractivity contribution is 0.0698. The minimum Gasteiger partial charge on any atom is -0.382 e. The molecule has 1 aromatic carbocycles. The van der Waals surface area contributed by atoms with Gasteiger partial charge in [-0.1, -0.05) is 36.8 Å². The van der Waals surface area contributed by atoms with Gasteiger partial charge in [0.1, 0.15) is 0 Å². The van der Waals surface area contributed by atoms with Crippen LogP contribution >= 0.6 is 0 Å². The number of nitrogens with zero attached hydrogens (tertiary/aromatic N) is 2. The molecule has 158 valence electrons. The van der Waals surface area contributed by atoms with Gasteiger partial charge in [0, 0.05) is 39.4 Å². The van der Waals surface area contributed by atoms with Gasteiger partial charge in [-0.05, 0) is 38.3 Å². The highest BCUT2D eigenvalue weighted by Gasteiger charge is 2.22. The van der Waals surface area contributed by atoms with E-state index in [9.17, 15) is 0 Å². The molecule has 0 aromatic heterocycles. The van der Waals surface area contributed by atoms with Crippen LogP contribution in [0.4, 0.5) is 0 Å². The molecule has 28 heavy (non-hydrogen) atoms. The van der Waals surface area contributed by atoms with Crippen LogP contribution in [0.2, 0.25) is 0 Å². The number of hydrogen-bond acceptors (Lipinski definition) is 4. The van der Waals surface area contributed by atoms with Crippen LogP contribution < -0.4 is 10.6 Å². The van der Waals surface area contributed by atoms with Crippen LogP contribution in [0.25, 0.3) is 0 Å². The lowest BCUT2D eigenvalue weighted by Gasteiger charge is -2.35. The van der Waals surface area contributed by atoms with E-state index in [0.717, 1.165) is 51.7 Å². The first-order valence-corrected chi connectivity index (χ1v) is 10.7. The largest absolute Gasteiger partial charge is 0.382 e. The van der Waals surface area contributed by atoms with Gasteiger partial charge in [-0.3, -0.25) is 9.89 Å². The van der Waals surface area contributed by atoms with Crippen LogP contribution in [0.5, 0.6) is 0 Å². The van der Waals surface area contributed by atoms with Gasteiger partial charge in [0.05, 0.1) is 19.8 Å². The Balaban J connectivity index is 1.78. The third kappa shape index (κ3) is 9.04. The van der Waals surface area contributed by atoms with Crippen LogP contribution in [-0.4, -0.2) is 70.0 Å². The molecule has 6 heteroatoms. The van der Waals surface area contributed by atoms with E-state index in [1.807, 2.05) is 0 Å². The Bertz CT molecular complexity index is 539. The second-order valence-corrected chi connectivity index (χ2v) is 7.21. The van der Waals surface area contributed by atoms with Gasteiger partial charge >= 0.3 is 0 Å². The maximum absolute atomic E-state index is 5.51. The number of likely N-dealkylation sites (tertiary alicyclic amines) is 1. The Hall–Kier alpha value is -1.63. The Morgan fingerprint density at radius 1 is 1.14 bits per heavy atom. The molecule has 1 aliphatic rings. The molecule has 1 aliphatic heterocycles. The topological polar surface area (TPSA) is 58.1 Å². The molecule has 2 N–H and O–H groups in total. The first-order chi connectivity index (χ1) is 13.8. The summed E-state index contributed by atoms with van der Waals surface area (Å²) in [5.74, 6) is 0.907. The molecule has 1 saturated heterocycles. The molecule has 0 saturated carbocycles. The van der Waals surface area contributed by atoms with Crippen LogP contribution in [-0.2, 0) is 16.0 Å². The number of benzene rings is 1. The summed E-state index contributed by atoms with van der Waals surface area (Å²) in [6.45, 7) is 8.90. The fraction of sp³-hybridized carbons (Fsp3) is 0.682. The summed E-state index contributed by atoms with van der Waals surface area (Å²) in [5, 5.41) is 6.78. The summed E-state index contributed by atoms with van der Waals surface area (Å²) in [6, 6.07) is 11.3. The molecule has 1 unspecified atom stereocenters. The summed E-state index contributed by atoms with van der Waals surface area (Å²) >= 11 is 0. The van der Waals surface area contributed by atoms with Crippen molar-refractivity contribution in [2.75, 3.05) is 53.1 Å². The monoisotopic (exact) mass is 390 g/mol. The molecule has 1 atom stereocenters. The fourth-order valence-corrected chi connectivity index (χ4v) is 3.46. The number of rotatable bonds is 12. The minimum atomic E-state index is 0.516. The predicted molar refractivity (Wildman–Crippen MR) is 116 cm³/mol. The van der Waals surface area contributed by atoms with E-state index in [4.69, 9.17) is 14.5 Å². The number of nitrogens with one attached hydrogen (secondary N) is 2. The molecule has 6 nitrogen and oxygen atoms in total. The summed E-state index contributed by atoms with van der Waals surface area (Å²) in [4.78, 5) is 7.46. The predicted octanol–water partition coefficient (Wildman–Crippen LogP) is 2.65. The lowest BCUT2D eigenvalue weighted by atomic mass is 10.0. The van der Waals surface area contributed by atoms with Gasteiger partial charge in [0.25, 0.3) is 0 Å². The Morgan fingerprint density at radius 2 is 2.00 bits per heavy atom. The minimum absolute atomic E-state index is 0.516. The number of aliphatic imine (C=N–C) groups is 1. The van der Waals surface area contributed by atoms with Gasteiger partial charge < -0.3 is 20.1 Å². The quantitative estimate of drug-likeness (QED) is 0.326. The molecular formula is C22H38N4O2. The summed E-state index contributed by atoms with van der Waals surface area (Å²) in [5.41, 5.74) is 1.39. The zero-order valence-corrected chi connectivity index (χ0v) is 17.7. The summed E-state index contributed by atoms with van der Waals surface area (Å²) in [7, 11) is 1.69. The van der Waals surface area contributed by atoms with E-state index >= 15 is 0 Å². The molecule has 0 bridgehead atoms. The fourth-order valence-electron chi connectivity index (χ4n) is 3.46. The first kappa shape index (κ1) is 22.7. The lowest BCUT2D eigenvalue weighted by Crippen LogP contribution is -2.43. The van der Waals surface area contributed by atoms with E-state index < -0.39 is 0 Å². The van der Waals surface area contributed by atoms with Gasteiger partial charge in [0.2, 0.25) is 0 Å². The highest BCUT2D eigenvalue weighted by molar-refractivity contribution is 5.79. The third-order valence-electron chi connectivity index (χ3n) is 4.97. The Labute approximate surface area is 170 Å². The number of piperidine rings is 1. The normalized spacial score (nSPS) is 18.2. The third-order valence-corrected chi connectivity index (χ3v) is 4.97. The average Bonchev–Trinajstić information content (AvgIpc) is 2.73. The average molecular weight is 391 g/mol. The molecule has 2 rings (SSSR count). The van der Waals surface area contributed by atoms with Crippen molar-refractivity contribution in [3.8, 4) is 0 Å². The number of methoxy groups -OCH3 is 1. The van der Waals surface area contributed by atoms with Crippen molar-refractivity contribution < 1.29 is 9.47 Å². The van der Waals surface area contributed by atoms with Crippen molar-refractivity contribution in [1.29, 1.82) is 0 Å². The Morgan fingerprint density at radius 3 is 2.79 bits per heavy atom. The van der Waals surface area contributed by atoms with Crippen LogP contribution in [0.3, 0.4) is 0 Å². The second kappa shape index (κ2) is 14.4. The van der Waals surface area contributed by atoms with Crippen molar-refractivity contribution in [2.45, 2.75) is 45.2 Å². The van der Waals surface area contributed by atoms with E-state index in [0.29, 0.717) is 19.3 Å². The highest BCUT2D eigenvalue weighted by atomic mass is 16.5. The number of guanidine groups is 1. The zero-order chi connectivity index (χ0) is 19.9. The molecule has 1 heterocycles. The van der Waals surface area contributed by atoms with E-state index in [1.54, 1.807) is 7.11 Å². The molecule has 1 fully saturated rings. The van der Waals surface area contributed by atoms with Gasteiger partial charge in [-0.15, -0.1) is 0 Å². The van der Waals surface area contributed by atoms with Crippen molar-refractivity contribution in [2.24, 2.45) is 4.99 Å². The summed E-state index contributed by atoms with van der Waals surface area (Å²) in [6.07, 6.45) is 4.77. The van der Waals surface area contributed by atoms with E-state index in [1.165, 1.54) is 24.8 Å². The summed E-state index contributed by atoms with van der Waals surface area (Å²) < 4.78 is 10.5. The molecule has 0 aliphatic carbocycles. The molecule has 0 amide bonds. The zero-order valence-electron chi connectivity index (χ0n) is 17.7. The molecule has 1 aromatic rings. The van der Waals surface area contributed by atoms with Crippen LogP contribution in [0.1, 0.15) is 38.2 Å². The number of ether oxygens (including phenoxy) is 2. The van der Waals surface area contributed by atoms with Gasteiger partial charge in [-0.2, -0.15) is 0 Å². The maximum Gasteiger partial charge on any atom is 0.191 e. The molecular weight excluding hydrogens is 352 g/mol. The van der Waals surface area contributed by atoms with E-state index in [-0.39, 0.29) is 0 Å². The maximum atomic E-state index is 5.51. The second-order valence-electron chi connectivity index (χ2n) is 7.21. The van der Waals surface area contributed by atoms with Crippen molar-refractivity contribution in [3.05, 3.63) is 35.9 Å². The van der Waals surface area contributed by atoms with Crippen molar-refractivity contribution in [3.63, 3.8) is 0 Å². The Kier molecular flexibility index (Phi) is 11.6.